The Bertz CT molecular complexity index is 1000. The second kappa shape index (κ2) is 13.3. The molecule has 1 saturated heterocycles. The van der Waals surface area contributed by atoms with Gasteiger partial charge < -0.3 is 19.8 Å². The van der Waals surface area contributed by atoms with Crippen molar-refractivity contribution >= 4 is 29.9 Å². The highest BCUT2D eigenvalue weighted by Crippen LogP contribution is 2.18. The second-order valence-corrected chi connectivity index (χ2v) is 7.72. The molecule has 0 saturated carbocycles. The zero-order valence-corrected chi connectivity index (χ0v) is 21.3. The molecular weight excluding hydrogens is 529 g/mol. The Hall–Kier alpha value is -2.43. The second-order valence-electron chi connectivity index (χ2n) is 7.72. The standard InChI is InChI=1S/C25H31N5O2.HI/c1-2-26-25(28-17-23-19-32-24(29-23)20-8-4-3-5-9-20)27-16-21-10-6-7-11-22(21)18-30-12-14-31-15-13-30;/h3-11,19H,2,12-18H2,1H3,(H2,26,27,28);1H. The van der Waals surface area contributed by atoms with Crippen LogP contribution in [0.1, 0.15) is 23.7 Å². The van der Waals surface area contributed by atoms with Gasteiger partial charge in [-0.05, 0) is 30.2 Å². The van der Waals surface area contributed by atoms with Gasteiger partial charge in [-0.25, -0.2) is 9.98 Å². The molecule has 0 atom stereocenters. The van der Waals surface area contributed by atoms with Gasteiger partial charge in [0.1, 0.15) is 6.26 Å². The van der Waals surface area contributed by atoms with E-state index in [1.807, 2.05) is 30.3 Å². The molecule has 8 heteroatoms. The number of aliphatic imine (C=N–C) groups is 1. The number of rotatable bonds is 8. The van der Waals surface area contributed by atoms with Crippen molar-refractivity contribution in [3.63, 3.8) is 0 Å². The summed E-state index contributed by atoms with van der Waals surface area (Å²) in [4.78, 5) is 11.8. The number of guanidine groups is 1. The lowest BCUT2D eigenvalue weighted by atomic mass is 10.1. The number of morpholine rings is 1. The third kappa shape index (κ3) is 7.55. The quantitative estimate of drug-likeness (QED) is 0.246. The van der Waals surface area contributed by atoms with Crippen molar-refractivity contribution in [2.45, 2.75) is 26.6 Å². The van der Waals surface area contributed by atoms with Gasteiger partial charge >= 0.3 is 0 Å². The molecule has 3 aromatic rings. The maximum absolute atomic E-state index is 5.64. The molecular formula is C25H32IN5O2. The fraction of sp³-hybridized carbons (Fsp3) is 0.360. The summed E-state index contributed by atoms with van der Waals surface area (Å²) < 4.78 is 11.1. The van der Waals surface area contributed by atoms with Crippen LogP contribution in [0.15, 0.2) is 70.3 Å². The molecule has 2 heterocycles. The average molecular weight is 561 g/mol. The first-order valence-electron chi connectivity index (χ1n) is 11.2. The number of ether oxygens (including phenoxy) is 1. The van der Waals surface area contributed by atoms with Gasteiger partial charge in [0.05, 0.1) is 32.0 Å². The Morgan fingerprint density at radius 2 is 1.73 bits per heavy atom. The van der Waals surface area contributed by atoms with Crippen molar-refractivity contribution in [1.29, 1.82) is 0 Å². The molecule has 0 bridgehead atoms. The fourth-order valence-corrected chi connectivity index (χ4v) is 3.65. The van der Waals surface area contributed by atoms with Crippen molar-refractivity contribution in [3.05, 3.63) is 77.7 Å². The van der Waals surface area contributed by atoms with Crippen LogP contribution in [0.25, 0.3) is 11.5 Å². The molecule has 7 nitrogen and oxygen atoms in total. The van der Waals surface area contributed by atoms with E-state index in [1.165, 1.54) is 11.1 Å². The number of benzene rings is 2. The van der Waals surface area contributed by atoms with Gasteiger partial charge in [0, 0.05) is 31.7 Å². The van der Waals surface area contributed by atoms with Crippen LogP contribution < -0.4 is 10.6 Å². The largest absolute Gasteiger partial charge is 0.444 e. The lowest BCUT2D eigenvalue weighted by Crippen LogP contribution is -2.37. The van der Waals surface area contributed by atoms with Crippen molar-refractivity contribution in [3.8, 4) is 11.5 Å². The van der Waals surface area contributed by atoms with Gasteiger partial charge in [-0.15, -0.1) is 24.0 Å². The number of nitrogens with one attached hydrogen (secondary N) is 2. The van der Waals surface area contributed by atoms with E-state index in [0.717, 1.165) is 56.6 Å². The number of nitrogens with zero attached hydrogens (tertiary/aromatic N) is 3. The maximum Gasteiger partial charge on any atom is 0.226 e. The predicted molar refractivity (Wildman–Crippen MR) is 142 cm³/mol. The molecule has 4 rings (SSSR count). The van der Waals surface area contributed by atoms with E-state index in [2.05, 4.69) is 51.7 Å². The van der Waals surface area contributed by atoms with Crippen LogP contribution in [0.2, 0.25) is 0 Å². The summed E-state index contributed by atoms with van der Waals surface area (Å²) in [7, 11) is 0. The smallest absolute Gasteiger partial charge is 0.226 e. The summed E-state index contributed by atoms with van der Waals surface area (Å²) in [5.41, 5.74) is 4.36. The summed E-state index contributed by atoms with van der Waals surface area (Å²) in [5.74, 6) is 1.39. The Morgan fingerprint density at radius 1 is 1.00 bits per heavy atom. The van der Waals surface area contributed by atoms with Crippen LogP contribution in [0.4, 0.5) is 0 Å². The van der Waals surface area contributed by atoms with Crippen LogP contribution in [0.3, 0.4) is 0 Å². The molecule has 33 heavy (non-hydrogen) atoms. The number of hydrogen-bond donors (Lipinski definition) is 2. The van der Waals surface area contributed by atoms with E-state index >= 15 is 0 Å². The molecule has 2 aromatic carbocycles. The summed E-state index contributed by atoms with van der Waals surface area (Å²) in [6.07, 6.45) is 1.69. The fourth-order valence-electron chi connectivity index (χ4n) is 3.65. The van der Waals surface area contributed by atoms with Crippen LogP contribution >= 0.6 is 24.0 Å². The molecule has 1 aliphatic heterocycles. The van der Waals surface area contributed by atoms with Gasteiger partial charge in [-0.3, -0.25) is 4.90 Å². The highest BCUT2D eigenvalue weighted by molar-refractivity contribution is 14.0. The highest BCUT2D eigenvalue weighted by atomic mass is 127. The van der Waals surface area contributed by atoms with Crippen molar-refractivity contribution < 1.29 is 9.15 Å². The molecule has 0 amide bonds. The summed E-state index contributed by atoms with van der Waals surface area (Å²) in [6, 6.07) is 18.4. The predicted octanol–water partition coefficient (Wildman–Crippen LogP) is 4.05. The minimum Gasteiger partial charge on any atom is -0.444 e. The number of aromatic nitrogens is 1. The van der Waals surface area contributed by atoms with Gasteiger partial charge in [0.25, 0.3) is 0 Å². The van der Waals surface area contributed by atoms with Crippen LogP contribution in [0, 0.1) is 0 Å². The van der Waals surface area contributed by atoms with Gasteiger partial charge in [0.15, 0.2) is 5.96 Å². The first kappa shape index (κ1) is 25.2. The number of halogens is 1. The molecule has 0 radical (unpaired) electrons. The van der Waals surface area contributed by atoms with Gasteiger partial charge in [0.2, 0.25) is 5.89 Å². The van der Waals surface area contributed by atoms with E-state index in [9.17, 15) is 0 Å². The van der Waals surface area contributed by atoms with Crippen LogP contribution in [-0.4, -0.2) is 48.7 Å². The zero-order valence-electron chi connectivity index (χ0n) is 19.0. The van der Waals surface area contributed by atoms with E-state index in [-0.39, 0.29) is 24.0 Å². The monoisotopic (exact) mass is 561 g/mol. The van der Waals surface area contributed by atoms with E-state index in [4.69, 9.17) is 14.1 Å². The Kier molecular flexibility index (Phi) is 10.2. The van der Waals surface area contributed by atoms with Crippen molar-refractivity contribution in [1.82, 2.24) is 20.5 Å². The molecule has 0 spiro atoms. The molecule has 2 N–H and O–H groups in total. The molecule has 0 unspecified atom stereocenters. The number of hydrogen-bond acceptors (Lipinski definition) is 5. The third-order valence-electron chi connectivity index (χ3n) is 5.38. The molecule has 1 fully saturated rings. The molecule has 0 aliphatic carbocycles. The first-order chi connectivity index (χ1) is 15.8. The lowest BCUT2D eigenvalue weighted by molar-refractivity contribution is 0.0341. The minimum absolute atomic E-state index is 0. The Morgan fingerprint density at radius 3 is 2.48 bits per heavy atom. The van der Waals surface area contributed by atoms with E-state index in [0.29, 0.717) is 19.0 Å². The SMILES string of the molecule is CCNC(=NCc1ccccc1CN1CCOCC1)NCc1coc(-c2ccccc2)n1.I. The minimum atomic E-state index is 0. The lowest BCUT2D eigenvalue weighted by Gasteiger charge is -2.27. The Labute approximate surface area is 212 Å². The van der Waals surface area contributed by atoms with Crippen LogP contribution in [-0.2, 0) is 24.4 Å². The molecule has 1 aliphatic rings. The topological polar surface area (TPSA) is 74.9 Å². The third-order valence-corrected chi connectivity index (χ3v) is 5.38. The van der Waals surface area contributed by atoms with E-state index in [1.54, 1.807) is 6.26 Å². The highest BCUT2D eigenvalue weighted by Gasteiger charge is 2.13. The summed E-state index contributed by atoms with van der Waals surface area (Å²) in [5, 5.41) is 6.68. The summed E-state index contributed by atoms with van der Waals surface area (Å²) >= 11 is 0. The molecule has 1 aromatic heterocycles. The Balaban J connectivity index is 0.00000306. The maximum atomic E-state index is 5.64. The van der Waals surface area contributed by atoms with Crippen molar-refractivity contribution in [2.24, 2.45) is 4.99 Å². The zero-order chi connectivity index (χ0) is 22.0. The number of oxazole rings is 1. The summed E-state index contributed by atoms with van der Waals surface area (Å²) in [6.45, 7) is 8.50. The van der Waals surface area contributed by atoms with Crippen molar-refractivity contribution in [2.75, 3.05) is 32.8 Å². The van der Waals surface area contributed by atoms with Gasteiger partial charge in [-0.1, -0.05) is 42.5 Å². The van der Waals surface area contributed by atoms with Crippen LogP contribution in [0.5, 0.6) is 0 Å². The normalized spacial score (nSPS) is 14.5. The average Bonchev–Trinajstić information content (AvgIpc) is 3.32. The van der Waals surface area contributed by atoms with E-state index < -0.39 is 0 Å². The van der Waals surface area contributed by atoms with Gasteiger partial charge in [-0.2, -0.15) is 0 Å². The first-order valence-corrected chi connectivity index (χ1v) is 11.2. The molecule has 176 valence electrons.